The van der Waals surface area contributed by atoms with Gasteiger partial charge in [0.2, 0.25) is 0 Å². The molecule has 0 saturated heterocycles. The van der Waals surface area contributed by atoms with Gasteiger partial charge in [-0.15, -0.1) is 0 Å². The smallest absolute Gasteiger partial charge is 0.150 e. The topological polar surface area (TPSA) is 24.9 Å². The molecule has 0 spiro atoms. The van der Waals surface area contributed by atoms with Crippen molar-refractivity contribution in [3.8, 4) is 0 Å². The van der Waals surface area contributed by atoms with Gasteiger partial charge in [-0.25, -0.2) is 9.37 Å². The molecule has 2 rings (SSSR count). The average Bonchev–Trinajstić information content (AvgIpc) is 2.29. The number of fused-ring (bicyclic) bond motifs is 1. The lowest BCUT2D eigenvalue weighted by atomic mass is 10.0. The van der Waals surface area contributed by atoms with E-state index in [0.717, 1.165) is 27.8 Å². The minimum Gasteiger partial charge on any atom is -0.370 e. The fraction of sp³-hybridized carbons (Fsp3) is 0.357. The van der Waals surface area contributed by atoms with Crippen LogP contribution in [0.15, 0.2) is 22.7 Å². The van der Waals surface area contributed by atoms with Crippen molar-refractivity contribution in [3.05, 3.63) is 34.1 Å². The van der Waals surface area contributed by atoms with Crippen molar-refractivity contribution in [1.29, 1.82) is 0 Å². The van der Waals surface area contributed by atoms with Gasteiger partial charge < -0.3 is 5.32 Å². The normalized spacial score (nSPS) is 11.2. The summed E-state index contributed by atoms with van der Waals surface area (Å²) in [7, 11) is 0. The van der Waals surface area contributed by atoms with Crippen LogP contribution in [0.1, 0.15) is 32.3 Å². The van der Waals surface area contributed by atoms with Crippen molar-refractivity contribution in [2.75, 3.05) is 11.9 Å². The van der Waals surface area contributed by atoms with Crippen LogP contribution in [-0.4, -0.2) is 11.5 Å². The fourth-order valence-corrected chi connectivity index (χ4v) is 2.42. The Labute approximate surface area is 115 Å². The lowest BCUT2D eigenvalue weighted by Crippen LogP contribution is -2.05. The lowest BCUT2D eigenvalue weighted by molar-refractivity contribution is 0.636. The van der Waals surface area contributed by atoms with Crippen LogP contribution in [0.4, 0.5) is 10.2 Å². The molecule has 0 aliphatic rings. The van der Waals surface area contributed by atoms with E-state index in [1.54, 1.807) is 0 Å². The second-order valence-corrected chi connectivity index (χ2v) is 5.49. The molecule has 2 aromatic rings. The van der Waals surface area contributed by atoms with Crippen molar-refractivity contribution in [2.45, 2.75) is 26.7 Å². The molecule has 1 aromatic heterocycles. The first-order chi connectivity index (χ1) is 8.52. The largest absolute Gasteiger partial charge is 0.370 e. The monoisotopic (exact) mass is 310 g/mol. The van der Waals surface area contributed by atoms with E-state index < -0.39 is 0 Å². The Bertz CT molecular complexity index is 582. The number of hydrogen-bond acceptors (Lipinski definition) is 2. The van der Waals surface area contributed by atoms with Crippen LogP contribution in [0, 0.1) is 5.82 Å². The van der Waals surface area contributed by atoms with E-state index in [9.17, 15) is 4.39 Å². The van der Waals surface area contributed by atoms with Crippen LogP contribution in [0.2, 0.25) is 0 Å². The summed E-state index contributed by atoms with van der Waals surface area (Å²) in [6, 6.07) is 5.35. The molecular weight excluding hydrogens is 295 g/mol. The Hall–Kier alpha value is -1.16. The summed E-state index contributed by atoms with van der Waals surface area (Å²) in [5.41, 5.74) is 1.53. The summed E-state index contributed by atoms with van der Waals surface area (Å²) in [6.45, 7) is 7.00. The number of anilines is 1. The SMILES string of the molecule is CCNc1nc2c(F)cc(Br)cc2cc1C(C)C. The Balaban J connectivity index is 2.72. The highest BCUT2D eigenvalue weighted by Crippen LogP contribution is 2.29. The molecule has 1 aromatic carbocycles. The van der Waals surface area contributed by atoms with Crippen molar-refractivity contribution in [3.63, 3.8) is 0 Å². The Kier molecular flexibility index (Phi) is 3.85. The van der Waals surface area contributed by atoms with E-state index >= 15 is 0 Å². The van der Waals surface area contributed by atoms with Gasteiger partial charge in [0, 0.05) is 16.4 Å². The number of hydrogen-bond donors (Lipinski definition) is 1. The van der Waals surface area contributed by atoms with Crippen LogP contribution in [0.5, 0.6) is 0 Å². The molecule has 0 saturated carbocycles. The first-order valence-corrected chi connectivity index (χ1v) is 6.85. The van der Waals surface area contributed by atoms with Gasteiger partial charge in [-0.3, -0.25) is 0 Å². The van der Waals surface area contributed by atoms with Crippen molar-refractivity contribution in [2.24, 2.45) is 0 Å². The van der Waals surface area contributed by atoms with E-state index in [1.807, 2.05) is 19.1 Å². The van der Waals surface area contributed by atoms with E-state index in [-0.39, 0.29) is 5.82 Å². The van der Waals surface area contributed by atoms with Gasteiger partial charge in [-0.05, 0) is 36.6 Å². The summed E-state index contributed by atoms with van der Waals surface area (Å²) in [5.74, 6) is 0.827. The first kappa shape index (κ1) is 13.3. The number of nitrogens with one attached hydrogen (secondary N) is 1. The molecule has 2 nitrogen and oxygen atoms in total. The molecule has 0 aliphatic carbocycles. The number of benzene rings is 1. The molecular formula is C14H16BrFN2. The highest BCUT2D eigenvalue weighted by atomic mass is 79.9. The van der Waals surface area contributed by atoms with Crippen LogP contribution in [0.25, 0.3) is 10.9 Å². The van der Waals surface area contributed by atoms with Gasteiger partial charge in [-0.1, -0.05) is 29.8 Å². The maximum absolute atomic E-state index is 13.9. The van der Waals surface area contributed by atoms with Gasteiger partial charge in [0.15, 0.2) is 5.82 Å². The van der Waals surface area contributed by atoms with Crippen molar-refractivity contribution in [1.82, 2.24) is 4.98 Å². The van der Waals surface area contributed by atoms with Gasteiger partial charge in [0.05, 0.1) is 0 Å². The molecule has 1 heterocycles. The Morgan fingerprint density at radius 2 is 2.06 bits per heavy atom. The van der Waals surface area contributed by atoms with Crippen LogP contribution in [0.3, 0.4) is 0 Å². The highest BCUT2D eigenvalue weighted by molar-refractivity contribution is 9.10. The fourth-order valence-electron chi connectivity index (χ4n) is 1.98. The lowest BCUT2D eigenvalue weighted by Gasteiger charge is -2.14. The molecule has 18 heavy (non-hydrogen) atoms. The maximum Gasteiger partial charge on any atom is 0.150 e. The van der Waals surface area contributed by atoms with Crippen LogP contribution in [-0.2, 0) is 0 Å². The quantitative estimate of drug-likeness (QED) is 0.889. The third kappa shape index (κ3) is 2.48. The minimum absolute atomic E-state index is 0.297. The molecule has 1 N–H and O–H groups in total. The zero-order valence-electron chi connectivity index (χ0n) is 10.7. The van der Waals surface area contributed by atoms with E-state index in [4.69, 9.17) is 0 Å². The summed E-state index contributed by atoms with van der Waals surface area (Å²) < 4.78 is 14.6. The van der Waals surface area contributed by atoms with Crippen molar-refractivity contribution >= 4 is 32.7 Å². The maximum atomic E-state index is 13.9. The number of pyridine rings is 1. The second-order valence-electron chi connectivity index (χ2n) is 4.57. The van der Waals surface area contributed by atoms with E-state index in [0.29, 0.717) is 11.4 Å². The molecule has 0 fully saturated rings. The molecule has 0 aliphatic heterocycles. The second kappa shape index (κ2) is 5.22. The van der Waals surface area contributed by atoms with Gasteiger partial charge >= 0.3 is 0 Å². The van der Waals surface area contributed by atoms with Crippen molar-refractivity contribution < 1.29 is 4.39 Å². The molecule has 96 valence electrons. The summed E-state index contributed by atoms with van der Waals surface area (Å²) >= 11 is 3.31. The molecule has 0 unspecified atom stereocenters. The predicted molar refractivity (Wildman–Crippen MR) is 77.7 cm³/mol. The summed E-state index contributed by atoms with van der Waals surface area (Å²) in [4.78, 5) is 4.42. The standard InChI is InChI=1S/C14H16BrFN2/c1-4-17-14-11(8(2)3)6-9-5-10(15)7-12(16)13(9)18-14/h5-8H,4H2,1-3H3,(H,17,18). The minimum atomic E-state index is -0.297. The Morgan fingerprint density at radius 3 is 2.67 bits per heavy atom. The third-order valence-electron chi connectivity index (χ3n) is 2.83. The van der Waals surface area contributed by atoms with E-state index in [1.165, 1.54) is 6.07 Å². The van der Waals surface area contributed by atoms with Gasteiger partial charge in [-0.2, -0.15) is 0 Å². The Morgan fingerprint density at radius 1 is 1.33 bits per heavy atom. The number of rotatable bonds is 3. The summed E-state index contributed by atoms with van der Waals surface area (Å²) in [6.07, 6.45) is 0. The number of nitrogens with zero attached hydrogens (tertiary/aromatic N) is 1. The number of aromatic nitrogens is 1. The zero-order valence-corrected chi connectivity index (χ0v) is 12.3. The van der Waals surface area contributed by atoms with Crippen LogP contribution >= 0.6 is 15.9 Å². The molecule has 4 heteroatoms. The highest BCUT2D eigenvalue weighted by Gasteiger charge is 2.12. The van der Waals surface area contributed by atoms with Gasteiger partial charge in [0.1, 0.15) is 11.3 Å². The number of halogens is 2. The summed E-state index contributed by atoms with van der Waals surface area (Å²) in [5, 5.41) is 4.03. The first-order valence-electron chi connectivity index (χ1n) is 6.06. The predicted octanol–water partition coefficient (Wildman–Crippen LogP) is 4.69. The molecule has 0 bridgehead atoms. The average molecular weight is 311 g/mol. The van der Waals surface area contributed by atoms with Crippen LogP contribution < -0.4 is 5.32 Å². The van der Waals surface area contributed by atoms with Gasteiger partial charge in [0.25, 0.3) is 0 Å². The molecule has 0 radical (unpaired) electrons. The molecule has 0 atom stereocenters. The zero-order chi connectivity index (χ0) is 13.3. The third-order valence-corrected chi connectivity index (χ3v) is 3.29. The van der Waals surface area contributed by atoms with E-state index in [2.05, 4.69) is 40.1 Å². The molecule has 0 amide bonds.